The molecular weight excluding hydrogens is 354 g/mol. The number of ether oxygens (including phenoxy) is 2. The van der Waals surface area contributed by atoms with Crippen molar-refractivity contribution in [2.45, 2.75) is 12.5 Å². The Balaban J connectivity index is 1.96. The topological polar surface area (TPSA) is 44.5 Å². The zero-order chi connectivity index (χ0) is 14.8. The number of nitrogens with two attached hydrogens (primary N) is 1. The molecule has 1 heterocycles. The number of benzene rings is 2. The Morgan fingerprint density at radius 1 is 1.10 bits per heavy atom. The molecule has 5 heteroatoms. The largest absolute Gasteiger partial charge is 0.490 e. The predicted molar refractivity (Wildman–Crippen MR) is 87.2 cm³/mol. The van der Waals surface area contributed by atoms with E-state index in [4.69, 9.17) is 26.8 Å². The third-order valence-electron chi connectivity index (χ3n) is 3.45. The molecular formula is C16H15BrClNO2. The van der Waals surface area contributed by atoms with Gasteiger partial charge in [-0.25, -0.2) is 0 Å². The summed E-state index contributed by atoms with van der Waals surface area (Å²) in [4.78, 5) is 0. The smallest absolute Gasteiger partial charge is 0.161 e. The third kappa shape index (κ3) is 3.03. The second-order valence-electron chi connectivity index (χ2n) is 4.88. The van der Waals surface area contributed by atoms with Crippen molar-refractivity contribution < 1.29 is 9.47 Å². The summed E-state index contributed by atoms with van der Waals surface area (Å²) in [6, 6.07) is 11.2. The first-order chi connectivity index (χ1) is 10.2. The quantitative estimate of drug-likeness (QED) is 0.859. The lowest BCUT2D eigenvalue weighted by atomic mass is 9.99. The minimum atomic E-state index is -0.313. The molecule has 0 amide bonds. The summed E-state index contributed by atoms with van der Waals surface area (Å²) in [7, 11) is 0. The van der Waals surface area contributed by atoms with E-state index < -0.39 is 0 Å². The molecule has 0 aliphatic carbocycles. The van der Waals surface area contributed by atoms with E-state index in [0.29, 0.717) is 18.2 Å². The van der Waals surface area contributed by atoms with Gasteiger partial charge in [0.1, 0.15) is 0 Å². The van der Waals surface area contributed by atoms with Gasteiger partial charge >= 0.3 is 0 Å². The molecule has 2 N–H and O–H groups in total. The fourth-order valence-corrected chi connectivity index (χ4v) is 2.94. The standard InChI is InChI=1S/C16H15BrClNO2/c17-12-4-1-3-11(15(12)18)16(19)10-5-6-13-14(9-10)21-8-2-7-20-13/h1,3-6,9,16H,2,7-8,19H2. The average molecular weight is 369 g/mol. The average Bonchev–Trinajstić information content (AvgIpc) is 2.74. The van der Waals surface area contributed by atoms with Crippen LogP contribution < -0.4 is 15.2 Å². The second kappa shape index (κ2) is 6.26. The molecule has 0 saturated heterocycles. The lowest BCUT2D eigenvalue weighted by Gasteiger charge is -2.17. The van der Waals surface area contributed by atoms with Crippen molar-refractivity contribution in [2.24, 2.45) is 5.73 Å². The van der Waals surface area contributed by atoms with Crippen LogP contribution in [0.5, 0.6) is 11.5 Å². The number of hydrogen-bond donors (Lipinski definition) is 1. The monoisotopic (exact) mass is 367 g/mol. The Morgan fingerprint density at radius 2 is 1.86 bits per heavy atom. The van der Waals surface area contributed by atoms with Gasteiger partial charge in [0.05, 0.1) is 24.3 Å². The molecule has 0 spiro atoms. The highest BCUT2D eigenvalue weighted by Crippen LogP contribution is 2.36. The van der Waals surface area contributed by atoms with E-state index >= 15 is 0 Å². The highest BCUT2D eigenvalue weighted by atomic mass is 79.9. The zero-order valence-corrected chi connectivity index (χ0v) is 13.7. The summed E-state index contributed by atoms with van der Waals surface area (Å²) < 4.78 is 12.2. The van der Waals surface area contributed by atoms with Crippen LogP contribution in [-0.4, -0.2) is 13.2 Å². The van der Waals surface area contributed by atoms with Gasteiger partial charge in [-0.1, -0.05) is 29.8 Å². The summed E-state index contributed by atoms with van der Waals surface area (Å²) in [5, 5.41) is 0.636. The Bertz CT molecular complexity index is 663. The van der Waals surface area contributed by atoms with Gasteiger partial charge in [-0.2, -0.15) is 0 Å². The van der Waals surface area contributed by atoms with Crippen LogP contribution in [0, 0.1) is 0 Å². The molecule has 1 aliphatic rings. The molecule has 0 aromatic heterocycles. The molecule has 21 heavy (non-hydrogen) atoms. The fraction of sp³-hybridized carbons (Fsp3) is 0.250. The predicted octanol–water partition coefficient (Wildman–Crippen LogP) is 4.31. The summed E-state index contributed by atoms with van der Waals surface area (Å²) in [5.74, 6) is 1.51. The van der Waals surface area contributed by atoms with Gasteiger partial charge in [-0.05, 0) is 45.3 Å². The van der Waals surface area contributed by atoms with E-state index in [2.05, 4.69) is 15.9 Å². The van der Waals surface area contributed by atoms with Gasteiger partial charge in [0, 0.05) is 10.9 Å². The molecule has 2 aromatic rings. The highest BCUT2D eigenvalue weighted by Gasteiger charge is 2.17. The molecule has 0 saturated carbocycles. The van der Waals surface area contributed by atoms with Gasteiger partial charge in [0.2, 0.25) is 0 Å². The van der Waals surface area contributed by atoms with Crippen LogP contribution in [0.4, 0.5) is 0 Å². The number of rotatable bonds is 2. The van der Waals surface area contributed by atoms with Crippen LogP contribution in [0.3, 0.4) is 0 Å². The minimum Gasteiger partial charge on any atom is -0.490 e. The second-order valence-corrected chi connectivity index (χ2v) is 6.11. The molecule has 0 fully saturated rings. The van der Waals surface area contributed by atoms with E-state index in [0.717, 1.165) is 33.5 Å². The van der Waals surface area contributed by atoms with Crippen molar-refractivity contribution in [3.63, 3.8) is 0 Å². The Kier molecular flexibility index (Phi) is 4.38. The van der Waals surface area contributed by atoms with E-state index in [1.165, 1.54) is 0 Å². The minimum absolute atomic E-state index is 0.313. The molecule has 110 valence electrons. The van der Waals surface area contributed by atoms with Crippen molar-refractivity contribution in [1.29, 1.82) is 0 Å². The Morgan fingerprint density at radius 3 is 2.67 bits per heavy atom. The van der Waals surface area contributed by atoms with Crippen molar-refractivity contribution in [3.05, 3.63) is 57.0 Å². The molecule has 1 unspecified atom stereocenters. The van der Waals surface area contributed by atoms with Crippen LogP contribution in [0.2, 0.25) is 5.02 Å². The van der Waals surface area contributed by atoms with Gasteiger partial charge in [-0.15, -0.1) is 0 Å². The maximum atomic E-state index is 6.36. The number of hydrogen-bond acceptors (Lipinski definition) is 3. The SMILES string of the molecule is NC(c1ccc2c(c1)OCCCO2)c1cccc(Br)c1Cl. The van der Waals surface area contributed by atoms with Crippen LogP contribution in [0.15, 0.2) is 40.9 Å². The van der Waals surface area contributed by atoms with Crippen molar-refractivity contribution in [2.75, 3.05) is 13.2 Å². The Labute approximate surface area is 137 Å². The third-order valence-corrected chi connectivity index (χ3v) is 4.76. The Hall–Kier alpha value is -1.23. The van der Waals surface area contributed by atoms with Crippen LogP contribution in [0.1, 0.15) is 23.6 Å². The molecule has 3 rings (SSSR count). The van der Waals surface area contributed by atoms with Gasteiger partial charge < -0.3 is 15.2 Å². The van der Waals surface area contributed by atoms with Crippen molar-refractivity contribution in [3.8, 4) is 11.5 Å². The lowest BCUT2D eigenvalue weighted by molar-refractivity contribution is 0.297. The van der Waals surface area contributed by atoms with Crippen molar-refractivity contribution in [1.82, 2.24) is 0 Å². The molecule has 2 aromatic carbocycles. The first-order valence-corrected chi connectivity index (χ1v) is 7.93. The first-order valence-electron chi connectivity index (χ1n) is 6.76. The summed E-state index contributed by atoms with van der Waals surface area (Å²) in [6.07, 6.45) is 0.882. The van der Waals surface area contributed by atoms with Gasteiger partial charge in [-0.3, -0.25) is 0 Å². The van der Waals surface area contributed by atoms with Gasteiger partial charge in [0.15, 0.2) is 11.5 Å². The van der Waals surface area contributed by atoms with E-state index in [1.54, 1.807) is 0 Å². The summed E-state index contributed by atoms with van der Waals surface area (Å²) in [6.45, 7) is 1.33. The van der Waals surface area contributed by atoms with Crippen molar-refractivity contribution >= 4 is 27.5 Å². The van der Waals surface area contributed by atoms with Gasteiger partial charge in [0.25, 0.3) is 0 Å². The maximum Gasteiger partial charge on any atom is 0.161 e. The van der Waals surface area contributed by atoms with Crippen LogP contribution in [-0.2, 0) is 0 Å². The normalized spacial score (nSPS) is 15.4. The number of halogens is 2. The zero-order valence-electron chi connectivity index (χ0n) is 11.3. The first kappa shape index (κ1) is 14.7. The molecule has 1 atom stereocenters. The van der Waals surface area contributed by atoms with Crippen LogP contribution >= 0.6 is 27.5 Å². The highest BCUT2D eigenvalue weighted by molar-refractivity contribution is 9.10. The van der Waals surface area contributed by atoms with E-state index in [9.17, 15) is 0 Å². The maximum absolute atomic E-state index is 6.36. The summed E-state index contributed by atoms with van der Waals surface area (Å²) in [5.41, 5.74) is 8.18. The van der Waals surface area contributed by atoms with E-state index in [1.807, 2.05) is 36.4 Å². The van der Waals surface area contributed by atoms with E-state index in [-0.39, 0.29) is 6.04 Å². The molecule has 0 radical (unpaired) electrons. The fourth-order valence-electron chi connectivity index (χ4n) is 2.31. The summed E-state index contributed by atoms with van der Waals surface area (Å²) >= 11 is 9.75. The molecule has 0 bridgehead atoms. The molecule has 1 aliphatic heterocycles. The number of fused-ring (bicyclic) bond motifs is 1. The lowest BCUT2D eigenvalue weighted by Crippen LogP contribution is -2.12. The van der Waals surface area contributed by atoms with Crippen LogP contribution in [0.25, 0.3) is 0 Å². The molecule has 3 nitrogen and oxygen atoms in total.